The number of nitrogens with one attached hydrogen (secondary N) is 1. The summed E-state index contributed by atoms with van der Waals surface area (Å²) in [5, 5.41) is 13.6. The Bertz CT molecular complexity index is 556. The molecule has 0 unspecified atom stereocenters. The average molecular weight is 298 g/mol. The highest BCUT2D eigenvalue weighted by Crippen LogP contribution is 2.39. The van der Waals surface area contributed by atoms with E-state index in [1.54, 1.807) is 6.07 Å². The number of hydrogen-bond acceptors (Lipinski definition) is 3. The number of hydrogen-bond donors (Lipinski definition) is 1. The molecule has 1 spiro atoms. The Labute approximate surface area is 122 Å². The topological polar surface area (TPSA) is 72.2 Å². The van der Waals surface area contributed by atoms with Crippen molar-refractivity contribution in [1.82, 2.24) is 4.48 Å². The summed E-state index contributed by atoms with van der Waals surface area (Å²) in [6.07, 6.45) is 3.40. The predicted molar refractivity (Wildman–Crippen MR) is 72.0 cm³/mol. The van der Waals surface area contributed by atoms with Gasteiger partial charge in [-0.3, -0.25) is 19.4 Å². The predicted octanol–water partition coefficient (Wildman–Crippen LogP) is -0.958. The van der Waals surface area contributed by atoms with Gasteiger partial charge in [0.25, 0.3) is 11.6 Å². The molecule has 7 heteroatoms. The number of amides is 1. The van der Waals surface area contributed by atoms with E-state index < -0.39 is 4.92 Å². The minimum Gasteiger partial charge on any atom is -1.00 e. The van der Waals surface area contributed by atoms with Crippen LogP contribution in [0.3, 0.4) is 0 Å². The SMILES string of the molecule is O=C1C[N+]2(CCCCC2)c2ccc([N+](=O)[O-])cc2N1.[Cl-]. The summed E-state index contributed by atoms with van der Waals surface area (Å²) in [6.45, 7) is 2.33. The fourth-order valence-electron chi connectivity index (χ4n) is 3.22. The van der Waals surface area contributed by atoms with Crippen LogP contribution in [0.2, 0.25) is 0 Å². The Morgan fingerprint density at radius 2 is 1.90 bits per heavy atom. The molecule has 2 heterocycles. The molecule has 2 aliphatic rings. The van der Waals surface area contributed by atoms with E-state index in [1.807, 2.05) is 0 Å². The first-order valence-electron chi connectivity index (χ1n) is 6.56. The number of anilines is 1. The second-order valence-corrected chi connectivity index (χ2v) is 5.32. The zero-order valence-electron chi connectivity index (χ0n) is 11.0. The molecule has 3 rings (SSSR count). The van der Waals surface area contributed by atoms with Crippen LogP contribution in [0.25, 0.3) is 0 Å². The van der Waals surface area contributed by atoms with Crippen LogP contribution in [0.15, 0.2) is 18.2 Å². The van der Waals surface area contributed by atoms with E-state index in [1.165, 1.54) is 18.6 Å². The van der Waals surface area contributed by atoms with Crippen LogP contribution < -0.4 is 22.2 Å². The summed E-state index contributed by atoms with van der Waals surface area (Å²) in [5.74, 6) is -0.0464. The summed E-state index contributed by atoms with van der Waals surface area (Å²) in [6, 6.07) is 4.81. The Hall–Kier alpha value is -1.66. The standard InChI is InChI=1S/C13H15N3O3.ClH/c17-13-9-16(6-2-1-3-7-16)12-5-4-10(15(18)19)8-11(12)14-13;/h4-5,8H,1-3,6-7,9H2;1H. The summed E-state index contributed by atoms with van der Waals surface area (Å²) < 4.78 is 0.652. The molecular formula is C13H16ClN3O3. The number of nitro groups is 1. The van der Waals surface area contributed by atoms with E-state index in [2.05, 4.69) is 5.32 Å². The molecule has 108 valence electrons. The highest BCUT2D eigenvalue weighted by Gasteiger charge is 2.41. The van der Waals surface area contributed by atoms with Gasteiger partial charge in [0.1, 0.15) is 5.69 Å². The first-order valence-corrected chi connectivity index (χ1v) is 6.56. The van der Waals surface area contributed by atoms with Gasteiger partial charge in [0, 0.05) is 18.2 Å². The van der Waals surface area contributed by atoms with E-state index >= 15 is 0 Å². The normalized spacial score (nSPS) is 19.7. The van der Waals surface area contributed by atoms with Crippen molar-refractivity contribution in [2.45, 2.75) is 19.3 Å². The lowest BCUT2D eigenvalue weighted by Gasteiger charge is -2.43. The molecule has 0 bridgehead atoms. The van der Waals surface area contributed by atoms with Crippen molar-refractivity contribution < 1.29 is 22.1 Å². The monoisotopic (exact) mass is 297 g/mol. The van der Waals surface area contributed by atoms with Crippen molar-refractivity contribution >= 4 is 23.0 Å². The number of nitrogens with zero attached hydrogens (tertiary/aromatic N) is 2. The molecule has 0 saturated carbocycles. The largest absolute Gasteiger partial charge is 1.00 e. The number of carbonyl (C=O) groups excluding carboxylic acids is 1. The molecule has 1 aromatic carbocycles. The third kappa shape index (κ3) is 2.36. The van der Waals surface area contributed by atoms with Gasteiger partial charge in [0.05, 0.1) is 18.0 Å². The minimum atomic E-state index is -0.429. The highest BCUT2D eigenvalue weighted by atomic mass is 35.5. The van der Waals surface area contributed by atoms with Gasteiger partial charge in [-0.2, -0.15) is 0 Å². The first kappa shape index (κ1) is 14.7. The number of nitro benzene ring substituents is 1. The summed E-state index contributed by atoms with van der Waals surface area (Å²) in [4.78, 5) is 22.3. The van der Waals surface area contributed by atoms with Crippen molar-refractivity contribution in [2.75, 3.05) is 25.0 Å². The summed E-state index contributed by atoms with van der Waals surface area (Å²) in [5.41, 5.74) is 1.65. The summed E-state index contributed by atoms with van der Waals surface area (Å²) in [7, 11) is 0. The lowest BCUT2D eigenvalue weighted by Crippen LogP contribution is -3.00. The maximum atomic E-state index is 11.9. The fraction of sp³-hybridized carbons (Fsp3) is 0.462. The number of non-ortho nitro benzene ring substituents is 1. The molecule has 1 aromatic rings. The Balaban J connectivity index is 0.00000147. The van der Waals surface area contributed by atoms with Crippen molar-refractivity contribution in [3.8, 4) is 0 Å². The molecule has 1 N–H and O–H groups in total. The number of piperidine rings is 1. The molecule has 6 nitrogen and oxygen atoms in total. The maximum Gasteiger partial charge on any atom is 0.280 e. The second-order valence-electron chi connectivity index (χ2n) is 5.32. The van der Waals surface area contributed by atoms with Gasteiger partial charge in [-0.15, -0.1) is 0 Å². The van der Waals surface area contributed by atoms with Crippen molar-refractivity contribution in [3.05, 3.63) is 28.3 Å². The van der Waals surface area contributed by atoms with Crippen LogP contribution in [0.1, 0.15) is 19.3 Å². The number of carbonyl (C=O) groups is 1. The third-order valence-corrected chi connectivity index (χ3v) is 4.09. The van der Waals surface area contributed by atoms with E-state index in [4.69, 9.17) is 0 Å². The van der Waals surface area contributed by atoms with Gasteiger partial charge in [-0.1, -0.05) is 0 Å². The Kier molecular flexibility index (Phi) is 3.96. The number of rotatable bonds is 1. The van der Waals surface area contributed by atoms with Crippen molar-refractivity contribution in [1.29, 1.82) is 0 Å². The quantitative estimate of drug-likeness (QED) is 0.412. The molecule has 1 amide bonds. The fourth-order valence-corrected chi connectivity index (χ4v) is 3.22. The lowest BCUT2D eigenvalue weighted by atomic mass is 10.0. The average Bonchev–Trinajstić information content (AvgIpc) is 2.38. The van der Waals surface area contributed by atoms with Gasteiger partial charge in [0.2, 0.25) is 0 Å². The molecule has 2 aliphatic heterocycles. The van der Waals surface area contributed by atoms with E-state index in [-0.39, 0.29) is 24.0 Å². The van der Waals surface area contributed by atoms with Gasteiger partial charge >= 0.3 is 0 Å². The zero-order valence-corrected chi connectivity index (χ0v) is 11.7. The highest BCUT2D eigenvalue weighted by molar-refractivity contribution is 6.00. The Morgan fingerprint density at radius 3 is 2.55 bits per heavy atom. The molecule has 1 fully saturated rings. The number of benzene rings is 1. The molecule has 0 aromatic heterocycles. The number of halogens is 1. The summed E-state index contributed by atoms with van der Waals surface area (Å²) >= 11 is 0. The van der Waals surface area contributed by atoms with Crippen molar-refractivity contribution in [3.63, 3.8) is 0 Å². The smallest absolute Gasteiger partial charge is 0.280 e. The zero-order chi connectivity index (χ0) is 13.5. The second kappa shape index (κ2) is 5.38. The third-order valence-electron chi connectivity index (χ3n) is 4.09. The van der Waals surface area contributed by atoms with Gasteiger partial charge in [0.15, 0.2) is 12.2 Å². The lowest BCUT2D eigenvalue weighted by molar-refractivity contribution is -0.384. The van der Waals surface area contributed by atoms with Gasteiger partial charge in [-0.25, -0.2) is 0 Å². The molecule has 1 saturated heterocycles. The number of quaternary nitrogens is 1. The van der Waals surface area contributed by atoms with E-state index in [0.29, 0.717) is 16.7 Å². The van der Waals surface area contributed by atoms with Crippen LogP contribution in [-0.4, -0.2) is 30.5 Å². The van der Waals surface area contributed by atoms with Crippen LogP contribution in [0.4, 0.5) is 17.1 Å². The van der Waals surface area contributed by atoms with Crippen molar-refractivity contribution in [2.24, 2.45) is 0 Å². The minimum absolute atomic E-state index is 0. The van der Waals surface area contributed by atoms with Crippen LogP contribution >= 0.6 is 0 Å². The molecular weight excluding hydrogens is 282 g/mol. The van der Waals surface area contributed by atoms with E-state index in [9.17, 15) is 14.9 Å². The van der Waals surface area contributed by atoms with Crippen LogP contribution in [-0.2, 0) is 4.79 Å². The molecule has 20 heavy (non-hydrogen) atoms. The Morgan fingerprint density at radius 1 is 1.20 bits per heavy atom. The number of fused-ring (bicyclic) bond motifs is 2. The first-order chi connectivity index (χ1) is 9.11. The van der Waals surface area contributed by atoms with Crippen LogP contribution in [0.5, 0.6) is 0 Å². The molecule has 0 aliphatic carbocycles. The van der Waals surface area contributed by atoms with Crippen LogP contribution in [0, 0.1) is 10.1 Å². The maximum absolute atomic E-state index is 11.9. The van der Waals surface area contributed by atoms with Gasteiger partial charge in [-0.05, 0) is 19.3 Å². The molecule has 0 radical (unpaired) electrons. The van der Waals surface area contributed by atoms with Gasteiger partial charge < -0.3 is 17.7 Å². The molecule has 0 atom stereocenters. The van der Waals surface area contributed by atoms with E-state index in [0.717, 1.165) is 31.6 Å².